The fourth-order valence-electron chi connectivity index (χ4n) is 3.04. The number of thioether (sulfide) groups is 1. The molecule has 3 aromatic rings. The fraction of sp³-hybridized carbons (Fsp3) is 0.190. The summed E-state index contributed by atoms with van der Waals surface area (Å²) in [7, 11) is -1.39. The Bertz CT molecular complexity index is 944. The summed E-state index contributed by atoms with van der Waals surface area (Å²) in [6, 6.07) is 21.3. The lowest BCUT2D eigenvalue weighted by atomic mass is 10.1. The van der Waals surface area contributed by atoms with E-state index in [4.69, 9.17) is 4.42 Å². The van der Waals surface area contributed by atoms with Gasteiger partial charge in [0.2, 0.25) is 5.91 Å². The van der Waals surface area contributed by atoms with Gasteiger partial charge in [-0.3, -0.25) is 4.79 Å². The van der Waals surface area contributed by atoms with Crippen LogP contribution in [0, 0.1) is 0 Å². The van der Waals surface area contributed by atoms with Crippen LogP contribution < -0.4 is 5.32 Å². The van der Waals surface area contributed by atoms with Crippen LogP contribution in [-0.2, 0) is 22.3 Å². The van der Waals surface area contributed by atoms with Crippen LogP contribution in [0.3, 0.4) is 0 Å². The molecule has 7 heteroatoms. The summed E-state index contributed by atoms with van der Waals surface area (Å²) in [6.07, 6.45) is 1.58. The SMILES string of the molecule is O=C(NCc1ccco1)C1SCCN1S(=O)c1ccc(-c2ccccc2)cc1. The summed E-state index contributed by atoms with van der Waals surface area (Å²) in [5, 5.41) is 2.40. The minimum atomic E-state index is -1.39. The van der Waals surface area contributed by atoms with Gasteiger partial charge in [0, 0.05) is 12.3 Å². The molecule has 1 fully saturated rings. The third-order valence-corrected chi connectivity index (χ3v) is 7.30. The molecule has 1 aromatic heterocycles. The number of nitrogens with zero attached hydrogens (tertiary/aromatic N) is 1. The lowest BCUT2D eigenvalue weighted by molar-refractivity contribution is -0.122. The summed E-state index contributed by atoms with van der Waals surface area (Å²) in [4.78, 5) is 13.3. The van der Waals surface area contributed by atoms with E-state index in [-0.39, 0.29) is 5.91 Å². The van der Waals surface area contributed by atoms with Crippen molar-refractivity contribution in [2.24, 2.45) is 0 Å². The van der Waals surface area contributed by atoms with Crippen molar-refractivity contribution in [1.29, 1.82) is 0 Å². The number of rotatable bonds is 6. The molecule has 2 aromatic carbocycles. The summed E-state index contributed by atoms with van der Waals surface area (Å²) in [5.41, 5.74) is 2.19. The van der Waals surface area contributed by atoms with Gasteiger partial charge in [-0.05, 0) is 35.4 Å². The highest BCUT2D eigenvalue weighted by molar-refractivity contribution is 8.01. The molecule has 5 nitrogen and oxygen atoms in total. The number of hydrogen-bond acceptors (Lipinski definition) is 4. The number of amides is 1. The Labute approximate surface area is 170 Å². The van der Waals surface area contributed by atoms with Gasteiger partial charge in [-0.1, -0.05) is 42.5 Å². The normalized spacial score (nSPS) is 18.1. The molecule has 144 valence electrons. The molecule has 1 N–H and O–H groups in total. The summed E-state index contributed by atoms with van der Waals surface area (Å²) in [6.45, 7) is 0.936. The number of carbonyl (C=O) groups excluding carboxylic acids is 1. The molecular formula is C21H20N2O3S2. The zero-order chi connectivity index (χ0) is 19.3. The quantitative estimate of drug-likeness (QED) is 0.671. The van der Waals surface area contributed by atoms with Crippen molar-refractivity contribution in [3.8, 4) is 11.1 Å². The Morgan fingerprint density at radius 3 is 2.54 bits per heavy atom. The highest BCUT2D eigenvalue weighted by atomic mass is 32.2. The predicted molar refractivity (Wildman–Crippen MR) is 112 cm³/mol. The van der Waals surface area contributed by atoms with Crippen molar-refractivity contribution in [2.75, 3.05) is 12.3 Å². The maximum absolute atomic E-state index is 13.1. The van der Waals surface area contributed by atoms with Crippen LogP contribution in [0.25, 0.3) is 11.1 Å². The van der Waals surface area contributed by atoms with Crippen LogP contribution in [0.5, 0.6) is 0 Å². The van der Waals surface area contributed by atoms with Gasteiger partial charge in [-0.2, -0.15) is 4.31 Å². The first kappa shape index (κ1) is 19.0. The van der Waals surface area contributed by atoms with Crippen molar-refractivity contribution >= 4 is 28.7 Å². The van der Waals surface area contributed by atoms with Crippen LogP contribution in [0.2, 0.25) is 0 Å². The molecule has 1 aliphatic heterocycles. The number of hydrogen-bond donors (Lipinski definition) is 1. The van der Waals surface area contributed by atoms with Crippen molar-refractivity contribution in [2.45, 2.75) is 16.8 Å². The van der Waals surface area contributed by atoms with E-state index >= 15 is 0 Å². The van der Waals surface area contributed by atoms with Crippen molar-refractivity contribution in [1.82, 2.24) is 9.62 Å². The monoisotopic (exact) mass is 412 g/mol. The molecule has 4 rings (SSSR count). The third kappa shape index (κ3) is 4.22. The minimum absolute atomic E-state index is 0.145. The highest BCUT2D eigenvalue weighted by Gasteiger charge is 2.35. The second-order valence-corrected chi connectivity index (χ2v) is 8.93. The third-order valence-electron chi connectivity index (χ3n) is 4.47. The van der Waals surface area contributed by atoms with E-state index in [0.717, 1.165) is 16.9 Å². The van der Waals surface area contributed by atoms with Gasteiger partial charge in [-0.15, -0.1) is 11.8 Å². The first-order valence-electron chi connectivity index (χ1n) is 8.98. The van der Waals surface area contributed by atoms with Crippen molar-refractivity contribution in [3.63, 3.8) is 0 Å². The lowest BCUT2D eigenvalue weighted by Crippen LogP contribution is -2.42. The molecule has 0 radical (unpaired) electrons. The van der Waals surface area contributed by atoms with Gasteiger partial charge in [0.05, 0.1) is 17.7 Å². The topological polar surface area (TPSA) is 62.6 Å². The molecular weight excluding hydrogens is 392 g/mol. The fourth-order valence-corrected chi connectivity index (χ4v) is 5.77. The summed E-state index contributed by atoms with van der Waals surface area (Å²) in [5.74, 6) is 1.32. The smallest absolute Gasteiger partial charge is 0.249 e. The molecule has 0 aliphatic carbocycles. The average molecular weight is 413 g/mol. The zero-order valence-electron chi connectivity index (χ0n) is 15.1. The van der Waals surface area contributed by atoms with Crippen LogP contribution >= 0.6 is 11.8 Å². The molecule has 2 atom stereocenters. The van der Waals surface area contributed by atoms with E-state index in [2.05, 4.69) is 5.32 Å². The van der Waals surface area contributed by atoms with Gasteiger partial charge >= 0.3 is 0 Å². The second-order valence-electron chi connectivity index (χ2n) is 6.30. The molecule has 0 saturated carbocycles. The lowest BCUT2D eigenvalue weighted by Gasteiger charge is -2.21. The largest absolute Gasteiger partial charge is 0.467 e. The Kier molecular flexibility index (Phi) is 5.95. The molecule has 0 bridgehead atoms. The number of carbonyl (C=O) groups is 1. The molecule has 1 saturated heterocycles. The summed E-state index contributed by atoms with van der Waals surface area (Å²) >= 11 is 1.51. The Morgan fingerprint density at radius 2 is 1.82 bits per heavy atom. The van der Waals surface area contributed by atoms with E-state index in [0.29, 0.717) is 23.7 Å². The van der Waals surface area contributed by atoms with E-state index in [9.17, 15) is 9.00 Å². The maximum atomic E-state index is 13.1. The zero-order valence-corrected chi connectivity index (χ0v) is 16.7. The molecule has 1 amide bonds. The standard InChI is InChI=1S/C21H20N2O3S2/c24-20(22-15-18-7-4-13-26-18)21-23(12-14-27-21)28(25)19-10-8-17(9-11-19)16-5-2-1-3-6-16/h1-11,13,21H,12,14-15H2,(H,22,24). The van der Waals surface area contributed by atoms with Crippen LogP contribution in [0.15, 0.2) is 82.3 Å². The summed E-state index contributed by atoms with van der Waals surface area (Å²) < 4.78 is 20.1. The number of furan rings is 1. The van der Waals surface area contributed by atoms with Crippen LogP contribution in [0.4, 0.5) is 0 Å². The first-order valence-corrected chi connectivity index (χ1v) is 11.1. The van der Waals surface area contributed by atoms with E-state index in [1.54, 1.807) is 16.6 Å². The Morgan fingerprint density at radius 1 is 1.07 bits per heavy atom. The van der Waals surface area contributed by atoms with Gasteiger partial charge in [-0.25, -0.2) is 4.21 Å². The van der Waals surface area contributed by atoms with Crippen LogP contribution in [0.1, 0.15) is 5.76 Å². The first-order chi connectivity index (χ1) is 13.7. The molecule has 2 heterocycles. The second kappa shape index (κ2) is 8.77. The van der Waals surface area contributed by atoms with E-state index in [1.807, 2.05) is 60.7 Å². The maximum Gasteiger partial charge on any atom is 0.249 e. The molecule has 1 aliphatic rings. The van der Waals surface area contributed by atoms with E-state index in [1.165, 1.54) is 11.8 Å². The molecule has 0 spiro atoms. The number of nitrogens with one attached hydrogen (secondary N) is 1. The predicted octanol–water partition coefficient (Wildman–Crippen LogP) is 3.66. The van der Waals surface area contributed by atoms with Gasteiger partial charge in [0.15, 0.2) is 0 Å². The highest BCUT2D eigenvalue weighted by Crippen LogP contribution is 2.29. The average Bonchev–Trinajstić information content (AvgIpc) is 3.44. The van der Waals surface area contributed by atoms with Gasteiger partial charge in [0.25, 0.3) is 0 Å². The van der Waals surface area contributed by atoms with Gasteiger partial charge in [0.1, 0.15) is 22.1 Å². The van der Waals surface area contributed by atoms with Crippen molar-refractivity contribution in [3.05, 3.63) is 78.8 Å². The van der Waals surface area contributed by atoms with Crippen molar-refractivity contribution < 1.29 is 13.4 Å². The van der Waals surface area contributed by atoms with Crippen LogP contribution in [-0.4, -0.2) is 32.1 Å². The minimum Gasteiger partial charge on any atom is -0.467 e. The Hall–Kier alpha value is -2.35. The Balaban J connectivity index is 1.43. The molecule has 28 heavy (non-hydrogen) atoms. The number of benzene rings is 2. The van der Waals surface area contributed by atoms with E-state index < -0.39 is 16.4 Å². The van der Waals surface area contributed by atoms with Gasteiger partial charge < -0.3 is 9.73 Å². The molecule has 2 unspecified atom stereocenters.